The van der Waals surface area contributed by atoms with Gasteiger partial charge in [0.05, 0.1) is 17.9 Å². The summed E-state index contributed by atoms with van der Waals surface area (Å²) in [5.74, 6) is 0.650. The van der Waals surface area contributed by atoms with Gasteiger partial charge in [0.2, 0.25) is 11.8 Å². The third-order valence-corrected chi connectivity index (χ3v) is 6.98. The largest absolute Gasteiger partial charge is 0.356 e. The first kappa shape index (κ1) is 25.6. The van der Waals surface area contributed by atoms with E-state index in [1.54, 1.807) is 19.2 Å². The molecule has 1 aromatic carbocycles. The highest BCUT2D eigenvalue weighted by Gasteiger charge is 2.58. The highest BCUT2D eigenvalue weighted by molar-refractivity contribution is 14.0. The number of allylic oxidation sites excluding steroid dienone is 2. The van der Waals surface area contributed by atoms with E-state index in [1.165, 1.54) is 17.0 Å². The van der Waals surface area contributed by atoms with E-state index in [-0.39, 0.29) is 71.3 Å². The number of hydrogen-bond donors (Lipinski definition) is 2. The Kier molecular flexibility index (Phi) is 8.49. The Morgan fingerprint density at radius 1 is 1.12 bits per heavy atom. The fraction of sp³-hybridized carbons (Fsp3) is 0.542. The Morgan fingerprint density at radius 2 is 1.73 bits per heavy atom. The van der Waals surface area contributed by atoms with Crippen LogP contribution in [0.1, 0.15) is 24.4 Å². The first-order valence-corrected chi connectivity index (χ1v) is 11.3. The number of nitrogens with one attached hydrogen (secondary N) is 2. The monoisotopic (exact) mass is 569 g/mol. The highest BCUT2D eigenvalue weighted by atomic mass is 127. The van der Waals surface area contributed by atoms with E-state index in [4.69, 9.17) is 0 Å². The molecule has 0 aromatic heterocycles. The second kappa shape index (κ2) is 10.9. The Balaban J connectivity index is 0.00000306. The molecule has 1 saturated heterocycles. The number of benzene rings is 1. The van der Waals surface area contributed by atoms with Crippen LogP contribution in [0.15, 0.2) is 41.4 Å². The Labute approximate surface area is 211 Å². The number of carbonyl (C=O) groups is 2. The number of nitrogens with zero attached hydrogens (tertiary/aromatic N) is 3. The van der Waals surface area contributed by atoms with Crippen molar-refractivity contribution in [3.8, 4) is 0 Å². The van der Waals surface area contributed by atoms with Gasteiger partial charge in [0, 0.05) is 26.7 Å². The highest BCUT2D eigenvalue weighted by Crippen LogP contribution is 2.52. The number of likely N-dealkylation sites (N-methyl/N-ethyl adjacent to an activating group) is 1. The van der Waals surface area contributed by atoms with Crippen LogP contribution >= 0.6 is 24.0 Å². The quantitative estimate of drug-likeness (QED) is 0.126. The van der Waals surface area contributed by atoms with E-state index >= 15 is 0 Å². The van der Waals surface area contributed by atoms with E-state index < -0.39 is 0 Å². The van der Waals surface area contributed by atoms with Gasteiger partial charge in [0.1, 0.15) is 5.82 Å². The van der Waals surface area contributed by atoms with Gasteiger partial charge in [-0.15, -0.1) is 24.0 Å². The molecule has 0 spiro atoms. The van der Waals surface area contributed by atoms with Crippen LogP contribution in [0.2, 0.25) is 0 Å². The van der Waals surface area contributed by atoms with Gasteiger partial charge in [0.15, 0.2) is 5.96 Å². The zero-order chi connectivity index (χ0) is 22.8. The van der Waals surface area contributed by atoms with Gasteiger partial charge in [-0.3, -0.25) is 19.5 Å². The summed E-state index contributed by atoms with van der Waals surface area (Å²) >= 11 is 0. The molecule has 7 nitrogen and oxygen atoms in total. The zero-order valence-electron chi connectivity index (χ0n) is 19.3. The molecule has 3 aliphatic rings. The van der Waals surface area contributed by atoms with E-state index in [1.807, 2.05) is 14.1 Å². The standard InChI is InChI=1S/C24H32FN5O2.HI/c1-26-24(28-14-19(29(2)3)15-7-9-18(25)10-8-15)27-11-4-12-30-22(31)20-16-5-6-17(13-16)21(20)23(30)32;/h5-10,16-17,19-21H,4,11-14H2,1-3H3,(H2,26,27,28);1H. The number of aliphatic imine (C=N–C) groups is 1. The summed E-state index contributed by atoms with van der Waals surface area (Å²) in [7, 11) is 5.66. The second-order valence-electron chi connectivity index (χ2n) is 9.09. The molecular weight excluding hydrogens is 536 g/mol. The van der Waals surface area contributed by atoms with E-state index in [0.717, 1.165) is 12.0 Å². The molecule has 2 aliphatic carbocycles. The smallest absolute Gasteiger partial charge is 0.233 e. The summed E-state index contributed by atoms with van der Waals surface area (Å²) in [4.78, 5) is 33.3. The first-order chi connectivity index (χ1) is 15.4. The van der Waals surface area contributed by atoms with Gasteiger partial charge in [-0.25, -0.2) is 4.39 Å². The van der Waals surface area contributed by atoms with Crippen LogP contribution in [-0.4, -0.2) is 68.4 Å². The van der Waals surface area contributed by atoms with Crippen molar-refractivity contribution in [3.63, 3.8) is 0 Å². The predicted molar refractivity (Wildman–Crippen MR) is 137 cm³/mol. The lowest BCUT2D eigenvalue weighted by molar-refractivity contribution is -0.140. The lowest BCUT2D eigenvalue weighted by Crippen LogP contribution is -2.43. The summed E-state index contributed by atoms with van der Waals surface area (Å²) in [6.45, 7) is 1.63. The van der Waals surface area contributed by atoms with Gasteiger partial charge in [-0.05, 0) is 56.5 Å². The Hall–Kier alpha value is -2.01. The molecule has 2 fully saturated rings. The fourth-order valence-electron chi connectivity index (χ4n) is 5.33. The van der Waals surface area contributed by atoms with Crippen molar-refractivity contribution in [2.75, 3.05) is 40.8 Å². The van der Waals surface area contributed by atoms with E-state index in [9.17, 15) is 14.0 Å². The number of likely N-dealkylation sites (tertiary alicyclic amines) is 1. The molecule has 4 rings (SSSR count). The molecule has 1 aromatic rings. The van der Waals surface area contributed by atoms with Crippen LogP contribution in [0.25, 0.3) is 0 Å². The molecule has 2 amide bonds. The second-order valence-corrected chi connectivity index (χ2v) is 9.09. The molecule has 5 unspecified atom stereocenters. The third-order valence-electron chi connectivity index (χ3n) is 6.98. The maximum absolute atomic E-state index is 13.3. The first-order valence-electron chi connectivity index (χ1n) is 11.3. The van der Waals surface area contributed by atoms with Gasteiger partial charge < -0.3 is 15.5 Å². The van der Waals surface area contributed by atoms with Crippen molar-refractivity contribution < 1.29 is 14.0 Å². The van der Waals surface area contributed by atoms with Gasteiger partial charge in [0.25, 0.3) is 0 Å². The number of imide groups is 1. The summed E-state index contributed by atoms with van der Waals surface area (Å²) in [6, 6.07) is 6.57. The third kappa shape index (κ3) is 5.24. The fourth-order valence-corrected chi connectivity index (χ4v) is 5.33. The summed E-state index contributed by atoms with van der Waals surface area (Å²) in [5.41, 5.74) is 1.01. The molecule has 1 aliphatic heterocycles. The van der Waals surface area contributed by atoms with Gasteiger partial charge in [-0.2, -0.15) is 0 Å². The number of hydrogen-bond acceptors (Lipinski definition) is 4. The molecule has 0 radical (unpaired) electrons. The molecule has 180 valence electrons. The molecular formula is C24H33FIN5O2. The molecule has 2 bridgehead atoms. The topological polar surface area (TPSA) is 77.0 Å². The summed E-state index contributed by atoms with van der Waals surface area (Å²) in [6.07, 6.45) is 5.85. The van der Waals surface area contributed by atoms with Crippen molar-refractivity contribution in [2.45, 2.75) is 18.9 Å². The van der Waals surface area contributed by atoms with Crippen LogP contribution in [0.4, 0.5) is 4.39 Å². The maximum atomic E-state index is 13.3. The number of carbonyl (C=O) groups excluding carboxylic acids is 2. The Bertz CT molecular complexity index is 890. The van der Waals surface area contributed by atoms with Crippen molar-refractivity contribution in [1.29, 1.82) is 0 Å². The normalized spacial score (nSPS) is 26.6. The minimum Gasteiger partial charge on any atom is -0.356 e. The van der Waals surface area contributed by atoms with Crippen LogP contribution in [0.5, 0.6) is 0 Å². The molecule has 5 atom stereocenters. The molecule has 33 heavy (non-hydrogen) atoms. The predicted octanol–water partition coefficient (Wildman–Crippen LogP) is 2.41. The number of guanidine groups is 1. The maximum Gasteiger partial charge on any atom is 0.233 e. The average Bonchev–Trinajstić information content (AvgIpc) is 3.45. The van der Waals surface area contributed by atoms with Crippen molar-refractivity contribution in [2.24, 2.45) is 28.7 Å². The van der Waals surface area contributed by atoms with Crippen LogP contribution in [-0.2, 0) is 9.59 Å². The lowest BCUT2D eigenvalue weighted by Gasteiger charge is -2.26. The van der Waals surface area contributed by atoms with E-state index in [2.05, 4.69) is 32.7 Å². The van der Waals surface area contributed by atoms with Crippen LogP contribution < -0.4 is 10.6 Å². The van der Waals surface area contributed by atoms with Gasteiger partial charge >= 0.3 is 0 Å². The van der Waals surface area contributed by atoms with Crippen molar-refractivity contribution in [3.05, 3.63) is 47.8 Å². The molecule has 1 heterocycles. The zero-order valence-corrected chi connectivity index (χ0v) is 21.7. The average molecular weight is 569 g/mol. The number of fused-ring (bicyclic) bond motifs is 5. The van der Waals surface area contributed by atoms with Crippen LogP contribution in [0.3, 0.4) is 0 Å². The summed E-state index contributed by atoms with van der Waals surface area (Å²) < 4.78 is 13.3. The number of amides is 2. The number of rotatable bonds is 8. The summed E-state index contributed by atoms with van der Waals surface area (Å²) in [5, 5.41) is 6.57. The van der Waals surface area contributed by atoms with Crippen LogP contribution in [0, 0.1) is 29.5 Å². The van der Waals surface area contributed by atoms with Crippen molar-refractivity contribution >= 4 is 41.8 Å². The van der Waals surface area contributed by atoms with Gasteiger partial charge in [-0.1, -0.05) is 24.3 Å². The van der Waals surface area contributed by atoms with E-state index in [0.29, 0.717) is 32.0 Å². The van der Waals surface area contributed by atoms with Crippen molar-refractivity contribution in [1.82, 2.24) is 20.4 Å². The molecule has 1 saturated carbocycles. The lowest BCUT2D eigenvalue weighted by atomic mass is 9.85. The molecule has 2 N–H and O–H groups in total. The SMILES string of the molecule is CN=C(NCCCN1C(=O)C2C3C=CC(C3)C2C1=O)NCC(c1ccc(F)cc1)N(C)C.I. The minimum atomic E-state index is -0.251. The Morgan fingerprint density at radius 3 is 2.27 bits per heavy atom. The number of halogens is 2. The minimum absolute atomic E-state index is 0. The molecule has 9 heteroatoms.